The van der Waals surface area contributed by atoms with Gasteiger partial charge in [0.1, 0.15) is 17.3 Å². The molecule has 166 valence electrons. The lowest BCUT2D eigenvalue weighted by atomic mass is 10.1. The van der Waals surface area contributed by atoms with Gasteiger partial charge in [-0.3, -0.25) is 0 Å². The van der Waals surface area contributed by atoms with Gasteiger partial charge in [-0.15, -0.1) is 0 Å². The number of benzene rings is 3. The summed E-state index contributed by atoms with van der Waals surface area (Å²) in [7, 11) is 0. The van der Waals surface area contributed by atoms with Crippen LogP contribution >= 0.6 is 0 Å². The zero-order valence-corrected chi connectivity index (χ0v) is 18.1. The lowest BCUT2D eigenvalue weighted by molar-refractivity contribution is 0.122. The van der Waals surface area contributed by atoms with Crippen LogP contribution in [0, 0.1) is 0 Å². The molecule has 0 saturated carbocycles. The smallest absolute Gasteiger partial charge is 0.348 e. The molecule has 1 aliphatic rings. The van der Waals surface area contributed by atoms with Gasteiger partial charge in [-0.05, 0) is 48.5 Å². The van der Waals surface area contributed by atoms with Gasteiger partial charge in [0.15, 0.2) is 0 Å². The number of hydrogen-bond acceptors (Lipinski definition) is 5. The van der Waals surface area contributed by atoms with Crippen LogP contribution in [0.1, 0.15) is 0 Å². The largest absolute Gasteiger partial charge is 0.457 e. The number of aromatic nitrogens is 2. The van der Waals surface area contributed by atoms with E-state index >= 15 is 0 Å². The first-order chi connectivity index (χ1) is 16.3. The maximum atomic E-state index is 13.1. The molecule has 7 heteroatoms. The van der Waals surface area contributed by atoms with Gasteiger partial charge in [0.2, 0.25) is 0 Å². The van der Waals surface area contributed by atoms with E-state index in [9.17, 15) is 4.79 Å². The fraction of sp³-hybridized carbons (Fsp3) is 0.154. The summed E-state index contributed by atoms with van der Waals surface area (Å²) >= 11 is 0. The molecule has 0 bridgehead atoms. The molecule has 3 aromatic carbocycles. The van der Waals surface area contributed by atoms with Gasteiger partial charge in [-0.1, -0.05) is 36.4 Å². The van der Waals surface area contributed by atoms with Crippen LogP contribution in [0.3, 0.4) is 0 Å². The summed E-state index contributed by atoms with van der Waals surface area (Å²) < 4.78 is 12.8. The Bertz CT molecular complexity index is 1200. The van der Waals surface area contributed by atoms with E-state index in [1.807, 2.05) is 91.0 Å². The molecule has 4 aromatic rings. The standard InChI is InChI=1S/C26H24N4O3/c31-26(27-21-7-3-1-4-8-21)30-25(29-15-17-32-18-16-29)19-24(28-30)20-11-13-23(14-12-20)33-22-9-5-2-6-10-22/h1-14,19H,15-18H2,(H,27,31). The molecule has 1 fully saturated rings. The Morgan fingerprint density at radius 1 is 0.848 bits per heavy atom. The number of nitrogens with zero attached hydrogens (tertiary/aromatic N) is 3. The van der Waals surface area contributed by atoms with E-state index in [1.165, 1.54) is 4.68 Å². The summed E-state index contributed by atoms with van der Waals surface area (Å²) in [5.41, 5.74) is 2.33. The predicted molar refractivity (Wildman–Crippen MR) is 128 cm³/mol. The third kappa shape index (κ3) is 4.88. The first kappa shape index (κ1) is 20.8. The van der Waals surface area contributed by atoms with Crippen LogP contribution in [0.15, 0.2) is 91.0 Å². The number of nitrogens with one attached hydrogen (secondary N) is 1. The highest BCUT2D eigenvalue weighted by molar-refractivity contribution is 5.93. The van der Waals surface area contributed by atoms with Crippen LogP contribution in [-0.2, 0) is 4.74 Å². The van der Waals surface area contributed by atoms with E-state index < -0.39 is 0 Å². The highest BCUT2D eigenvalue weighted by Crippen LogP contribution is 2.28. The molecule has 0 unspecified atom stereocenters. The van der Waals surface area contributed by atoms with Crippen LogP contribution in [0.2, 0.25) is 0 Å². The summed E-state index contributed by atoms with van der Waals surface area (Å²) in [5.74, 6) is 2.26. The SMILES string of the molecule is O=C(Nc1ccccc1)n1nc(-c2ccc(Oc3ccccc3)cc2)cc1N1CCOCC1. The first-order valence-corrected chi connectivity index (χ1v) is 10.9. The molecule has 1 aliphatic heterocycles. The van der Waals surface area contributed by atoms with E-state index in [-0.39, 0.29) is 6.03 Å². The van der Waals surface area contributed by atoms with Gasteiger partial charge in [0.25, 0.3) is 0 Å². The fourth-order valence-corrected chi connectivity index (χ4v) is 3.70. The summed E-state index contributed by atoms with van der Waals surface area (Å²) in [6.45, 7) is 2.64. The average Bonchev–Trinajstić information content (AvgIpc) is 3.32. The highest BCUT2D eigenvalue weighted by Gasteiger charge is 2.22. The second-order valence-corrected chi connectivity index (χ2v) is 7.63. The van der Waals surface area contributed by atoms with Crippen molar-refractivity contribution in [3.8, 4) is 22.8 Å². The second kappa shape index (κ2) is 9.58. The lowest BCUT2D eigenvalue weighted by Gasteiger charge is -2.28. The van der Waals surface area contributed by atoms with E-state index in [4.69, 9.17) is 9.47 Å². The zero-order chi connectivity index (χ0) is 22.5. The number of hydrogen-bond donors (Lipinski definition) is 1. The van der Waals surface area contributed by atoms with Crippen LogP contribution in [-0.4, -0.2) is 42.1 Å². The van der Waals surface area contributed by atoms with Crippen molar-refractivity contribution in [2.45, 2.75) is 0 Å². The van der Waals surface area contributed by atoms with Crippen molar-refractivity contribution in [1.82, 2.24) is 9.78 Å². The van der Waals surface area contributed by atoms with E-state index in [0.29, 0.717) is 32.0 Å². The maximum absolute atomic E-state index is 13.1. The molecule has 0 spiro atoms. The molecular formula is C26H24N4O3. The maximum Gasteiger partial charge on any atom is 0.348 e. The third-order valence-electron chi connectivity index (χ3n) is 5.37. The molecule has 1 saturated heterocycles. The Kier molecular flexibility index (Phi) is 6.04. The molecule has 0 aliphatic carbocycles. The second-order valence-electron chi connectivity index (χ2n) is 7.63. The van der Waals surface area contributed by atoms with Crippen molar-refractivity contribution in [1.29, 1.82) is 0 Å². The molecular weight excluding hydrogens is 416 g/mol. The molecule has 5 rings (SSSR count). The average molecular weight is 441 g/mol. The monoisotopic (exact) mass is 440 g/mol. The van der Waals surface area contributed by atoms with Crippen molar-refractivity contribution < 1.29 is 14.3 Å². The Balaban J connectivity index is 1.42. The van der Waals surface area contributed by atoms with Gasteiger partial charge >= 0.3 is 6.03 Å². The highest BCUT2D eigenvalue weighted by atomic mass is 16.5. The van der Waals surface area contributed by atoms with Crippen molar-refractivity contribution >= 4 is 17.5 Å². The molecule has 0 atom stereocenters. The van der Waals surface area contributed by atoms with Gasteiger partial charge < -0.3 is 19.7 Å². The molecule has 0 radical (unpaired) electrons. The number of rotatable bonds is 5. The number of ether oxygens (including phenoxy) is 2. The van der Waals surface area contributed by atoms with Crippen molar-refractivity contribution in [2.24, 2.45) is 0 Å². The van der Waals surface area contributed by atoms with Crippen LogP contribution in [0.25, 0.3) is 11.3 Å². The number of morpholine rings is 1. The third-order valence-corrected chi connectivity index (χ3v) is 5.37. The minimum Gasteiger partial charge on any atom is -0.457 e. The van der Waals surface area contributed by atoms with Gasteiger partial charge in [-0.2, -0.15) is 9.78 Å². The number of carbonyl (C=O) groups excluding carboxylic acids is 1. The number of anilines is 2. The predicted octanol–water partition coefficient (Wildman–Crippen LogP) is 5.26. The van der Waals surface area contributed by atoms with Gasteiger partial charge in [0.05, 0.1) is 18.9 Å². The van der Waals surface area contributed by atoms with Crippen LogP contribution < -0.4 is 15.0 Å². The topological polar surface area (TPSA) is 68.6 Å². The molecule has 33 heavy (non-hydrogen) atoms. The Morgan fingerprint density at radius 2 is 1.48 bits per heavy atom. The van der Waals surface area contributed by atoms with Gasteiger partial charge in [0, 0.05) is 30.4 Å². The summed E-state index contributed by atoms with van der Waals surface area (Å²) in [6, 6.07) is 28.4. The van der Waals surface area contributed by atoms with Crippen molar-refractivity contribution in [2.75, 3.05) is 36.5 Å². The normalized spacial score (nSPS) is 13.5. The first-order valence-electron chi connectivity index (χ1n) is 10.9. The molecule has 1 amide bonds. The summed E-state index contributed by atoms with van der Waals surface area (Å²) in [5, 5.41) is 7.57. The number of para-hydroxylation sites is 2. The van der Waals surface area contributed by atoms with Crippen molar-refractivity contribution in [3.05, 3.63) is 91.0 Å². The van der Waals surface area contributed by atoms with E-state index in [2.05, 4.69) is 15.3 Å². The van der Waals surface area contributed by atoms with E-state index in [0.717, 1.165) is 28.6 Å². The minimum atomic E-state index is -0.307. The van der Waals surface area contributed by atoms with Crippen LogP contribution in [0.4, 0.5) is 16.3 Å². The van der Waals surface area contributed by atoms with Crippen molar-refractivity contribution in [3.63, 3.8) is 0 Å². The molecule has 1 N–H and O–H groups in total. The zero-order valence-electron chi connectivity index (χ0n) is 18.1. The van der Waals surface area contributed by atoms with Crippen LogP contribution in [0.5, 0.6) is 11.5 Å². The Labute approximate surface area is 192 Å². The van der Waals surface area contributed by atoms with Gasteiger partial charge in [-0.25, -0.2) is 4.79 Å². The molecule has 7 nitrogen and oxygen atoms in total. The fourth-order valence-electron chi connectivity index (χ4n) is 3.70. The summed E-state index contributed by atoms with van der Waals surface area (Å²) in [6.07, 6.45) is 0. The molecule has 1 aromatic heterocycles. The number of carbonyl (C=O) groups is 1. The summed E-state index contributed by atoms with van der Waals surface area (Å²) in [4.78, 5) is 15.2. The Morgan fingerprint density at radius 3 is 2.18 bits per heavy atom. The number of amides is 1. The Hall–Kier alpha value is -4.10. The minimum absolute atomic E-state index is 0.307. The lowest BCUT2D eigenvalue weighted by Crippen LogP contribution is -2.38. The quantitative estimate of drug-likeness (QED) is 0.459. The molecule has 2 heterocycles. The van der Waals surface area contributed by atoms with E-state index in [1.54, 1.807) is 0 Å².